The van der Waals surface area contributed by atoms with Gasteiger partial charge in [-0.3, -0.25) is 4.79 Å². The molecule has 0 fully saturated rings. The second kappa shape index (κ2) is 8.20. The lowest BCUT2D eigenvalue weighted by Crippen LogP contribution is -2.28. The van der Waals surface area contributed by atoms with Gasteiger partial charge in [0.2, 0.25) is 5.88 Å². The Labute approximate surface area is 184 Å². The van der Waals surface area contributed by atoms with Gasteiger partial charge in [-0.1, -0.05) is 0 Å². The Bertz CT molecular complexity index is 1100. The first-order valence-corrected chi connectivity index (χ1v) is 10.6. The van der Waals surface area contributed by atoms with Gasteiger partial charge in [0.25, 0.3) is 5.91 Å². The highest BCUT2D eigenvalue weighted by Gasteiger charge is 2.32. The van der Waals surface area contributed by atoms with Gasteiger partial charge in [-0.15, -0.1) is 11.3 Å². The largest absolute Gasteiger partial charge is 0.493 e. The Kier molecular flexibility index (Phi) is 5.60. The van der Waals surface area contributed by atoms with Crippen LogP contribution in [0.15, 0.2) is 42.6 Å². The minimum absolute atomic E-state index is 0.0417. The Morgan fingerprint density at radius 1 is 1.13 bits per heavy atom. The molecule has 1 aliphatic heterocycles. The first-order valence-electron chi connectivity index (χ1n) is 9.77. The highest BCUT2D eigenvalue weighted by atomic mass is 32.1. The zero-order valence-corrected chi connectivity index (χ0v) is 18.7. The quantitative estimate of drug-likeness (QED) is 0.595. The molecule has 1 N–H and O–H groups in total. The van der Waals surface area contributed by atoms with Crippen LogP contribution in [-0.4, -0.2) is 42.4 Å². The molecule has 0 atom stereocenters. The Hall–Kier alpha value is -3.10. The average Bonchev–Trinajstić information content (AvgIpc) is 3.31. The molecular weight excluding hydrogens is 416 g/mol. The standard InChI is InChI=1S/C23H24N2O5S/c1-23(2,27)13-30-17-7-6-16(10-18(17)28-3)25-12-15-9-19(31-21(15)22(25)26)14-5-8-20(29-4)24-11-14/h5-11,27H,12-13H2,1-4H3. The number of anilines is 1. The number of hydrogen-bond donors (Lipinski definition) is 1. The van der Waals surface area contributed by atoms with E-state index >= 15 is 0 Å². The maximum Gasteiger partial charge on any atom is 0.269 e. The van der Waals surface area contributed by atoms with E-state index < -0.39 is 5.60 Å². The second-order valence-electron chi connectivity index (χ2n) is 7.88. The molecule has 0 unspecified atom stereocenters. The lowest BCUT2D eigenvalue weighted by Gasteiger charge is -2.21. The normalized spacial score (nSPS) is 13.3. The molecule has 0 bridgehead atoms. The molecule has 31 heavy (non-hydrogen) atoms. The highest BCUT2D eigenvalue weighted by molar-refractivity contribution is 7.17. The Balaban J connectivity index is 1.54. The van der Waals surface area contributed by atoms with E-state index in [4.69, 9.17) is 14.2 Å². The smallest absolute Gasteiger partial charge is 0.269 e. The molecule has 3 aromatic rings. The number of hydrogen-bond acceptors (Lipinski definition) is 7. The fraction of sp³-hybridized carbons (Fsp3) is 0.304. The van der Waals surface area contributed by atoms with Crippen LogP contribution in [-0.2, 0) is 6.54 Å². The molecule has 162 valence electrons. The van der Waals surface area contributed by atoms with Crippen molar-refractivity contribution in [1.82, 2.24) is 4.98 Å². The molecule has 0 spiro atoms. The lowest BCUT2D eigenvalue weighted by atomic mass is 10.2. The van der Waals surface area contributed by atoms with Gasteiger partial charge in [-0.25, -0.2) is 4.98 Å². The monoisotopic (exact) mass is 440 g/mol. The third-order valence-electron chi connectivity index (χ3n) is 4.85. The summed E-state index contributed by atoms with van der Waals surface area (Å²) in [4.78, 5) is 20.8. The van der Waals surface area contributed by atoms with Crippen molar-refractivity contribution in [3.63, 3.8) is 0 Å². The van der Waals surface area contributed by atoms with Crippen LogP contribution >= 0.6 is 11.3 Å². The van der Waals surface area contributed by atoms with E-state index in [2.05, 4.69) is 4.98 Å². The van der Waals surface area contributed by atoms with Crippen LogP contribution in [0.25, 0.3) is 10.4 Å². The molecule has 7 nitrogen and oxygen atoms in total. The summed E-state index contributed by atoms with van der Waals surface area (Å²) in [5.74, 6) is 1.54. The molecule has 0 saturated carbocycles. The van der Waals surface area contributed by atoms with E-state index in [1.165, 1.54) is 11.3 Å². The summed E-state index contributed by atoms with van der Waals surface area (Å²) in [5.41, 5.74) is 1.71. The zero-order valence-electron chi connectivity index (χ0n) is 17.8. The van der Waals surface area contributed by atoms with Gasteiger partial charge in [0.15, 0.2) is 11.5 Å². The summed E-state index contributed by atoms with van der Waals surface area (Å²) in [5, 5.41) is 9.88. The molecule has 0 aliphatic carbocycles. The van der Waals surface area contributed by atoms with Crippen molar-refractivity contribution < 1.29 is 24.1 Å². The first-order chi connectivity index (χ1) is 14.8. The number of aliphatic hydroxyl groups is 1. The van der Waals surface area contributed by atoms with Crippen LogP contribution in [0.2, 0.25) is 0 Å². The molecule has 0 radical (unpaired) electrons. The van der Waals surface area contributed by atoms with E-state index in [0.717, 1.165) is 26.6 Å². The number of methoxy groups -OCH3 is 2. The number of pyridine rings is 1. The predicted molar refractivity (Wildman–Crippen MR) is 119 cm³/mol. The summed E-state index contributed by atoms with van der Waals surface area (Å²) >= 11 is 1.46. The van der Waals surface area contributed by atoms with Crippen LogP contribution < -0.4 is 19.1 Å². The average molecular weight is 441 g/mol. The topological polar surface area (TPSA) is 81.1 Å². The van der Waals surface area contributed by atoms with E-state index in [-0.39, 0.29) is 12.5 Å². The van der Waals surface area contributed by atoms with Gasteiger partial charge in [0.1, 0.15) is 6.61 Å². The maximum absolute atomic E-state index is 13.1. The van der Waals surface area contributed by atoms with Gasteiger partial charge < -0.3 is 24.2 Å². The van der Waals surface area contributed by atoms with Crippen molar-refractivity contribution in [2.45, 2.75) is 26.0 Å². The van der Waals surface area contributed by atoms with Gasteiger partial charge in [-0.2, -0.15) is 0 Å². The SMILES string of the molecule is COc1ccc(-c2cc3c(s2)C(=O)N(c2ccc(OCC(C)(C)O)c(OC)c2)C3)cn1. The van der Waals surface area contributed by atoms with Crippen molar-refractivity contribution >= 4 is 22.9 Å². The number of aromatic nitrogens is 1. The first kappa shape index (κ1) is 21.1. The van der Waals surface area contributed by atoms with E-state index in [9.17, 15) is 9.90 Å². The van der Waals surface area contributed by atoms with Crippen molar-refractivity contribution in [3.8, 4) is 27.8 Å². The fourth-order valence-electron chi connectivity index (χ4n) is 3.29. The zero-order chi connectivity index (χ0) is 22.2. The summed E-state index contributed by atoms with van der Waals surface area (Å²) in [6, 6.07) is 11.1. The second-order valence-corrected chi connectivity index (χ2v) is 8.93. The number of fused-ring (bicyclic) bond motifs is 1. The Morgan fingerprint density at radius 3 is 2.55 bits per heavy atom. The number of ether oxygens (including phenoxy) is 3. The van der Waals surface area contributed by atoms with Crippen LogP contribution in [0.4, 0.5) is 5.69 Å². The summed E-state index contributed by atoms with van der Waals surface area (Å²) in [7, 11) is 3.13. The number of amides is 1. The molecule has 2 aromatic heterocycles. The van der Waals surface area contributed by atoms with Crippen LogP contribution in [0.1, 0.15) is 29.1 Å². The summed E-state index contributed by atoms with van der Waals surface area (Å²) in [6.07, 6.45) is 1.75. The van der Waals surface area contributed by atoms with Gasteiger partial charge in [0, 0.05) is 34.5 Å². The lowest BCUT2D eigenvalue weighted by molar-refractivity contribution is 0.0276. The van der Waals surface area contributed by atoms with Crippen molar-refractivity contribution in [3.05, 3.63) is 53.0 Å². The number of rotatable bonds is 7. The van der Waals surface area contributed by atoms with Crippen LogP contribution in [0.3, 0.4) is 0 Å². The van der Waals surface area contributed by atoms with Crippen molar-refractivity contribution in [2.24, 2.45) is 0 Å². The Morgan fingerprint density at radius 2 is 1.94 bits per heavy atom. The number of carbonyl (C=O) groups excluding carboxylic acids is 1. The summed E-state index contributed by atoms with van der Waals surface area (Å²) in [6.45, 7) is 3.96. The number of thiophene rings is 1. The van der Waals surface area contributed by atoms with E-state index in [0.29, 0.717) is 23.9 Å². The van der Waals surface area contributed by atoms with Gasteiger partial charge in [-0.05, 0) is 43.7 Å². The molecule has 0 saturated heterocycles. The fourth-order valence-corrected chi connectivity index (χ4v) is 4.40. The third kappa shape index (κ3) is 4.35. The molecule has 3 heterocycles. The van der Waals surface area contributed by atoms with Crippen molar-refractivity contribution in [2.75, 3.05) is 25.7 Å². The minimum atomic E-state index is -0.958. The molecule has 1 amide bonds. The molecular formula is C23H24N2O5S. The maximum atomic E-state index is 13.1. The molecule has 1 aliphatic rings. The molecule has 4 rings (SSSR count). The van der Waals surface area contributed by atoms with Crippen LogP contribution in [0, 0.1) is 0 Å². The molecule has 1 aromatic carbocycles. The number of carbonyl (C=O) groups is 1. The van der Waals surface area contributed by atoms with Crippen LogP contribution in [0.5, 0.6) is 17.4 Å². The minimum Gasteiger partial charge on any atom is -0.493 e. The number of benzene rings is 1. The van der Waals surface area contributed by atoms with Gasteiger partial charge in [0.05, 0.1) is 31.2 Å². The van der Waals surface area contributed by atoms with Crippen molar-refractivity contribution in [1.29, 1.82) is 0 Å². The number of nitrogens with zero attached hydrogens (tertiary/aromatic N) is 2. The van der Waals surface area contributed by atoms with E-state index in [1.54, 1.807) is 51.3 Å². The predicted octanol–water partition coefficient (Wildman–Crippen LogP) is 4.14. The third-order valence-corrected chi connectivity index (χ3v) is 6.06. The summed E-state index contributed by atoms with van der Waals surface area (Å²) < 4.78 is 16.2. The van der Waals surface area contributed by atoms with Gasteiger partial charge >= 0.3 is 0 Å². The molecule has 8 heteroatoms. The highest BCUT2D eigenvalue weighted by Crippen LogP contribution is 2.40. The van der Waals surface area contributed by atoms with E-state index in [1.807, 2.05) is 24.3 Å².